The topological polar surface area (TPSA) is 80.0 Å². The molecule has 0 aliphatic rings. The van der Waals surface area contributed by atoms with E-state index >= 15 is 0 Å². The summed E-state index contributed by atoms with van der Waals surface area (Å²) in [6.45, 7) is 1.53. The van der Waals surface area contributed by atoms with Crippen LogP contribution in [0.3, 0.4) is 0 Å². The van der Waals surface area contributed by atoms with Crippen LogP contribution < -0.4 is 5.32 Å². The van der Waals surface area contributed by atoms with E-state index in [-0.39, 0.29) is 10.7 Å². The van der Waals surface area contributed by atoms with Gasteiger partial charge in [0.05, 0.1) is 11.3 Å². The molecular weight excluding hydrogens is 268 g/mol. The molecular formula is C12H13ClN4O2. The first-order chi connectivity index (χ1) is 9.16. The van der Waals surface area contributed by atoms with Crippen molar-refractivity contribution in [2.75, 3.05) is 11.9 Å². The summed E-state index contributed by atoms with van der Waals surface area (Å²) in [4.78, 5) is 18.8. The van der Waals surface area contributed by atoms with Gasteiger partial charge in [-0.2, -0.15) is 0 Å². The van der Waals surface area contributed by atoms with Crippen molar-refractivity contribution in [1.29, 1.82) is 0 Å². The van der Waals surface area contributed by atoms with Gasteiger partial charge in [0, 0.05) is 25.5 Å². The highest BCUT2D eigenvalue weighted by Gasteiger charge is 2.10. The molecule has 2 aromatic rings. The highest BCUT2D eigenvalue weighted by molar-refractivity contribution is 6.33. The quantitative estimate of drug-likeness (QED) is 0.793. The Bertz CT molecular complexity index is 557. The Labute approximate surface area is 115 Å². The van der Waals surface area contributed by atoms with Crippen molar-refractivity contribution >= 4 is 23.4 Å². The van der Waals surface area contributed by atoms with E-state index < -0.39 is 5.97 Å². The Morgan fingerprint density at radius 1 is 1.47 bits per heavy atom. The summed E-state index contributed by atoms with van der Waals surface area (Å²) in [6, 6.07) is 3.18. The standard InChI is InChI=1S/C12H13ClN4O2/c13-9-2-3-10(16-11(9)12(18)19)15-4-1-6-17-7-5-14-8-17/h2-3,5,7-8H,1,4,6H2,(H,15,16)(H,18,19). The second-order valence-corrected chi connectivity index (χ2v) is 4.32. The van der Waals surface area contributed by atoms with Crippen LogP contribution in [0.15, 0.2) is 30.9 Å². The summed E-state index contributed by atoms with van der Waals surface area (Å²) in [5.74, 6) is -0.625. The van der Waals surface area contributed by atoms with Gasteiger partial charge in [0.2, 0.25) is 0 Å². The lowest BCUT2D eigenvalue weighted by Crippen LogP contribution is -2.09. The van der Waals surface area contributed by atoms with Crippen molar-refractivity contribution in [3.05, 3.63) is 41.6 Å². The zero-order valence-corrected chi connectivity index (χ0v) is 10.8. The monoisotopic (exact) mass is 280 g/mol. The summed E-state index contributed by atoms with van der Waals surface area (Å²) in [5.41, 5.74) is -0.138. The van der Waals surface area contributed by atoms with Crippen molar-refractivity contribution in [1.82, 2.24) is 14.5 Å². The molecule has 2 aromatic heterocycles. The third-order valence-corrected chi connectivity index (χ3v) is 2.81. The number of imidazole rings is 1. The molecule has 2 rings (SSSR count). The molecule has 0 aliphatic heterocycles. The van der Waals surface area contributed by atoms with E-state index in [1.165, 1.54) is 6.07 Å². The Hall–Kier alpha value is -2.08. The van der Waals surface area contributed by atoms with E-state index in [1.807, 2.05) is 10.8 Å². The molecule has 0 radical (unpaired) electrons. The fourth-order valence-electron chi connectivity index (χ4n) is 1.59. The van der Waals surface area contributed by atoms with Gasteiger partial charge in [0.15, 0.2) is 5.69 Å². The summed E-state index contributed by atoms with van der Waals surface area (Å²) < 4.78 is 1.97. The molecule has 6 nitrogen and oxygen atoms in total. The fraction of sp³-hybridized carbons (Fsp3) is 0.250. The van der Waals surface area contributed by atoms with E-state index in [1.54, 1.807) is 18.6 Å². The second-order valence-electron chi connectivity index (χ2n) is 3.91. The molecule has 0 aromatic carbocycles. The van der Waals surface area contributed by atoms with Gasteiger partial charge >= 0.3 is 5.97 Å². The van der Waals surface area contributed by atoms with Crippen LogP contribution in [0.5, 0.6) is 0 Å². The zero-order valence-electron chi connectivity index (χ0n) is 10.1. The van der Waals surface area contributed by atoms with Crippen LogP contribution in [0.2, 0.25) is 5.02 Å². The smallest absolute Gasteiger partial charge is 0.356 e. The highest BCUT2D eigenvalue weighted by atomic mass is 35.5. The number of hydrogen-bond acceptors (Lipinski definition) is 4. The normalized spacial score (nSPS) is 10.4. The van der Waals surface area contributed by atoms with E-state index in [0.717, 1.165) is 13.0 Å². The molecule has 2 N–H and O–H groups in total. The maximum atomic E-state index is 10.9. The SMILES string of the molecule is O=C(O)c1nc(NCCCn2ccnc2)ccc1Cl. The van der Waals surface area contributed by atoms with Gasteiger partial charge in [-0.3, -0.25) is 0 Å². The zero-order chi connectivity index (χ0) is 13.7. The number of carbonyl (C=O) groups is 1. The number of aromatic carboxylic acids is 1. The van der Waals surface area contributed by atoms with Crippen molar-refractivity contribution in [2.24, 2.45) is 0 Å². The maximum Gasteiger partial charge on any atom is 0.356 e. The van der Waals surface area contributed by atoms with Crippen molar-refractivity contribution in [2.45, 2.75) is 13.0 Å². The van der Waals surface area contributed by atoms with Gasteiger partial charge in [-0.1, -0.05) is 11.6 Å². The number of pyridine rings is 1. The van der Waals surface area contributed by atoms with Gasteiger partial charge in [-0.05, 0) is 18.6 Å². The van der Waals surface area contributed by atoms with Crippen molar-refractivity contribution < 1.29 is 9.90 Å². The van der Waals surface area contributed by atoms with Crippen LogP contribution in [-0.4, -0.2) is 32.2 Å². The van der Waals surface area contributed by atoms with Gasteiger partial charge in [-0.25, -0.2) is 14.8 Å². The Kier molecular flexibility index (Phi) is 4.35. The summed E-state index contributed by atoms with van der Waals surface area (Å²) in [6.07, 6.45) is 6.25. The molecule has 7 heteroatoms. The van der Waals surface area contributed by atoms with Gasteiger partial charge in [-0.15, -0.1) is 0 Å². The second kappa shape index (κ2) is 6.19. The largest absolute Gasteiger partial charge is 0.476 e. The number of nitrogens with zero attached hydrogens (tertiary/aromatic N) is 3. The molecule has 0 aliphatic carbocycles. The van der Waals surface area contributed by atoms with Crippen LogP contribution in [0.1, 0.15) is 16.9 Å². The summed E-state index contributed by atoms with van der Waals surface area (Å²) in [5, 5.41) is 12.1. The molecule has 0 saturated carbocycles. The van der Waals surface area contributed by atoms with Crippen LogP contribution in [0.25, 0.3) is 0 Å². The van der Waals surface area contributed by atoms with Crippen LogP contribution >= 0.6 is 11.6 Å². The van der Waals surface area contributed by atoms with Gasteiger partial charge < -0.3 is 15.0 Å². The molecule has 19 heavy (non-hydrogen) atoms. The molecule has 0 saturated heterocycles. The lowest BCUT2D eigenvalue weighted by Gasteiger charge is -2.07. The molecule has 0 unspecified atom stereocenters. The maximum absolute atomic E-state index is 10.9. The first kappa shape index (κ1) is 13.4. The van der Waals surface area contributed by atoms with Crippen LogP contribution in [0, 0.1) is 0 Å². The third-order valence-electron chi connectivity index (χ3n) is 2.51. The molecule has 0 spiro atoms. The molecule has 0 fully saturated rings. The molecule has 2 heterocycles. The Morgan fingerprint density at radius 2 is 2.32 bits per heavy atom. The minimum atomic E-state index is -1.13. The lowest BCUT2D eigenvalue weighted by atomic mass is 10.3. The predicted octanol–water partition coefficient (Wildman–Crippen LogP) is 2.13. The number of nitrogens with one attached hydrogen (secondary N) is 1. The number of aryl methyl sites for hydroxylation is 1. The molecule has 0 atom stereocenters. The van der Waals surface area contributed by atoms with Gasteiger partial charge in [0.1, 0.15) is 5.82 Å². The molecule has 0 amide bonds. The fourth-order valence-corrected chi connectivity index (χ4v) is 1.77. The number of carboxylic acid groups (broad SMARTS) is 1. The first-order valence-electron chi connectivity index (χ1n) is 5.76. The summed E-state index contributed by atoms with van der Waals surface area (Å²) >= 11 is 5.74. The average Bonchev–Trinajstić information content (AvgIpc) is 2.89. The number of aromatic nitrogens is 3. The number of hydrogen-bond donors (Lipinski definition) is 2. The number of carboxylic acids is 1. The van der Waals surface area contributed by atoms with Crippen molar-refractivity contribution in [3.63, 3.8) is 0 Å². The lowest BCUT2D eigenvalue weighted by molar-refractivity contribution is 0.0691. The van der Waals surface area contributed by atoms with E-state index in [2.05, 4.69) is 15.3 Å². The number of rotatable bonds is 6. The van der Waals surface area contributed by atoms with Gasteiger partial charge in [0.25, 0.3) is 0 Å². The first-order valence-corrected chi connectivity index (χ1v) is 6.14. The summed E-state index contributed by atoms with van der Waals surface area (Å²) in [7, 11) is 0. The molecule has 0 bridgehead atoms. The van der Waals surface area contributed by atoms with E-state index in [9.17, 15) is 4.79 Å². The number of halogens is 1. The van der Waals surface area contributed by atoms with E-state index in [0.29, 0.717) is 12.4 Å². The van der Waals surface area contributed by atoms with Crippen LogP contribution in [-0.2, 0) is 6.54 Å². The average molecular weight is 281 g/mol. The minimum Gasteiger partial charge on any atom is -0.476 e. The third kappa shape index (κ3) is 3.69. The predicted molar refractivity (Wildman–Crippen MR) is 71.5 cm³/mol. The minimum absolute atomic E-state index is 0.136. The Balaban J connectivity index is 1.86. The number of anilines is 1. The molecule has 100 valence electrons. The van der Waals surface area contributed by atoms with E-state index in [4.69, 9.17) is 16.7 Å². The van der Waals surface area contributed by atoms with Crippen molar-refractivity contribution in [3.8, 4) is 0 Å². The highest BCUT2D eigenvalue weighted by Crippen LogP contribution is 2.16. The van der Waals surface area contributed by atoms with Crippen LogP contribution in [0.4, 0.5) is 5.82 Å². The Morgan fingerprint density at radius 3 is 3.00 bits per heavy atom.